The number of hydrogen-bond acceptors (Lipinski definition) is 7. The highest BCUT2D eigenvalue weighted by atomic mass is 35.5. The summed E-state index contributed by atoms with van der Waals surface area (Å²) in [7, 11) is 0. The highest BCUT2D eigenvalue weighted by Crippen LogP contribution is 2.35. The molecule has 2 aliphatic rings. The minimum atomic E-state index is -1.45. The van der Waals surface area contributed by atoms with Crippen molar-refractivity contribution in [3.8, 4) is 5.75 Å². The number of rotatable bonds is 8. The van der Waals surface area contributed by atoms with Crippen LogP contribution in [0.5, 0.6) is 5.75 Å². The number of alkyl halides is 1. The Bertz CT molecular complexity index is 929. The molecule has 4 N–H and O–H groups in total. The lowest BCUT2D eigenvalue weighted by atomic mass is 9.89. The van der Waals surface area contributed by atoms with Gasteiger partial charge in [-0.25, -0.2) is 0 Å². The quantitative estimate of drug-likeness (QED) is 0.454. The zero-order chi connectivity index (χ0) is 23.6. The van der Waals surface area contributed by atoms with E-state index in [1.807, 2.05) is 24.3 Å². The van der Waals surface area contributed by atoms with Crippen LogP contribution in [0.1, 0.15) is 22.8 Å². The number of aliphatic hydroxyl groups excluding tert-OH is 4. The van der Waals surface area contributed by atoms with Crippen LogP contribution >= 0.6 is 11.6 Å². The van der Waals surface area contributed by atoms with Gasteiger partial charge in [0.05, 0.1) is 25.2 Å². The van der Waals surface area contributed by atoms with Crippen LogP contribution in [0.3, 0.4) is 0 Å². The molecule has 0 radical (unpaired) electrons. The molecule has 4 rings (SSSR count). The van der Waals surface area contributed by atoms with Gasteiger partial charge in [0, 0.05) is 5.02 Å². The molecule has 33 heavy (non-hydrogen) atoms. The molecular weight excluding hydrogens is 455 g/mol. The van der Waals surface area contributed by atoms with E-state index in [4.69, 9.17) is 25.8 Å². The lowest BCUT2D eigenvalue weighted by Crippen LogP contribution is -2.55. The van der Waals surface area contributed by atoms with Crippen LogP contribution in [-0.4, -0.2) is 77.9 Å². The highest BCUT2D eigenvalue weighted by Gasteiger charge is 2.44. The standard InChI is InChI=1S/C24H28ClFO7/c25-18-6-3-15(23-22(30)21(29)20(28)19(9-27)33-23)8-16(18)7-14-1-4-17(5-2-14)32-13-24(10-26)11-31-12-24/h1-6,8,19-23,27-30H,7,9-13H2. The maximum atomic E-state index is 13.2. The van der Waals surface area contributed by atoms with Crippen LogP contribution in [0, 0.1) is 5.41 Å². The second-order valence-corrected chi connectivity index (χ2v) is 9.24. The fourth-order valence-corrected chi connectivity index (χ4v) is 4.22. The van der Waals surface area contributed by atoms with Crippen LogP contribution in [0.25, 0.3) is 0 Å². The topological polar surface area (TPSA) is 109 Å². The first-order valence-corrected chi connectivity index (χ1v) is 11.2. The fraction of sp³-hybridized carbons (Fsp3) is 0.500. The molecule has 2 heterocycles. The molecule has 2 aromatic carbocycles. The van der Waals surface area contributed by atoms with Crippen molar-refractivity contribution < 1.29 is 39.0 Å². The van der Waals surface area contributed by atoms with Gasteiger partial charge in [0.2, 0.25) is 0 Å². The van der Waals surface area contributed by atoms with Gasteiger partial charge >= 0.3 is 0 Å². The van der Waals surface area contributed by atoms with E-state index < -0.39 is 49.2 Å². The monoisotopic (exact) mass is 482 g/mol. The van der Waals surface area contributed by atoms with Crippen LogP contribution in [-0.2, 0) is 15.9 Å². The summed E-state index contributed by atoms with van der Waals surface area (Å²) in [5.41, 5.74) is 1.77. The molecule has 0 spiro atoms. The Morgan fingerprint density at radius 1 is 1.03 bits per heavy atom. The number of halogens is 2. The normalized spacial score (nSPS) is 28.8. The molecule has 9 heteroatoms. The lowest BCUT2D eigenvalue weighted by molar-refractivity contribution is -0.231. The van der Waals surface area contributed by atoms with Crippen LogP contribution in [0.2, 0.25) is 5.02 Å². The Morgan fingerprint density at radius 2 is 1.76 bits per heavy atom. The Labute approximate surface area is 196 Å². The predicted octanol–water partition coefficient (Wildman–Crippen LogP) is 1.81. The van der Waals surface area contributed by atoms with E-state index in [9.17, 15) is 24.8 Å². The van der Waals surface area contributed by atoms with Crippen molar-refractivity contribution in [2.24, 2.45) is 5.41 Å². The van der Waals surface area contributed by atoms with E-state index in [-0.39, 0.29) is 6.61 Å². The molecule has 0 aromatic heterocycles. The highest BCUT2D eigenvalue weighted by molar-refractivity contribution is 6.31. The predicted molar refractivity (Wildman–Crippen MR) is 118 cm³/mol. The molecule has 0 amide bonds. The van der Waals surface area contributed by atoms with E-state index in [1.165, 1.54) is 0 Å². The van der Waals surface area contributed by atoms with Gasteiger partial charge in [-0.1, -0.05) is 35.9 Å². The second-order valence-electron chi connectivity index (χ2n) is 8.84. The SMILES string of the molecule is OCC1OC(c2ccc(Cl)c(Cc3ccc(OCC4(CF)COC4)cc3)c2)C(O)C(O)C1O. The molecule has 2 fully saturated rings. The summed E-state index contributed by atoms with van der Waals surface area (Å²) in [5, 5.41) is 40.4. The van der Waals surface area contributed by atoms with Crippen molar-refractivity contribution in [3.63, 3.8) is 0 Å². The van der Waals surface area contributed by atoms with Crippen molar-refractivity contribution >= 4 is 11.6 Å². The summed E-state index contributed by atoms with van der Waals surface area (Å²) in [6, 6.07) is 12.6. The number of benzene rings is 2. The maximum Gasteiger partial charge on any atom is 0.119 e. The van der Waals surface area contributed by atoms with E-state index in [2.05, 4.69) is 0 Å². The molecule has 5 unspecified atom stereocenters. The summed E-state index contributed by atoms with van der Waals surface area (Å²) in [6.45, 7) is 0.0235. The lowest BCUT2D eigenvalue weighted by Gasteiger charge is -2.40. The Balaban J connectivity index is 1.45. The molecule has 180 valence electrons. The molecule has 0 bridgehead atoms. The number of ether oxygens (including phenoxy) is 3. The van der Waals surface area contributed by atoms with Crippen molar-refractivity contribution in [1.29, 1.82) is 0 Å². The minimum Gasteiger partial charge on any atom is -0.493 e. The minimum absolute atomic E-state index is 0.260. The summed E-state index contributed by atoms with van der Waals surface area (Å²) >= 11 is 6.39. The summed E-state index contributed by atoms with van der Waals surface area (Å²) < 4.78 is 29.7. The van der Waals surface area contributed by atoms with E-state index in [0.29, 0.717) is 36.0 Å². The van der Waals surface area contributed by atoms with E-state index in [1.54, 1.807) is 18.2 Å². The molecule has 2 aliphatic heterocycles. The molecule has 0 saturated carbocycles. The molecule has 2 saturated heterocycles. The zero-order valence-corrected chi connectivity index (χ0v) is 18.7. The molecule has 5 atom stereocenters. The first kappa shape index (κ1) is 24.3. The van der Waals surface area contributed by atoms with Crippen LogP contribution in [0.4, 0.5) is 4.39 Å². The largest absolute Gasteiger partial charge is 0.493 e. The first-order valence-electron chi connectivity index (χ1n) is 10.8. The van der Waals surface area contributed by atoms with Crippen LogP contribution in [0.15, 0.2) is 42.5 Å². The molecular formula is C24H28ClFO7. The average Bonchev–Trinajstić information content (AvgIpc) is 2.80. The van der Waals surface area contributed by atoms with Gasteiger partial charge in [-0.2, -0.15) is 0 Å². The van der Waals surface area contributed by atoms with Gasteiger partial charge in [0.15, 0.2) is 0 Å². The third-order valence-corrected chi connectivity index (χ3v) is 6.62. The fourth-order valence-electron chi connectivity index (χ4n) is 4.03. The Kier molecular flexibility index (Phi) is 7.55. The summed E-state index contributed by atoms with van der Waals surface area (Å²) in [6.07, 6.45) is -5.64. The van der Waals surface area contributed by atoms with Gasteiger partial charge in [0.1, 0.15) is 49.6 Å². The van der Waals surface area contributed by atoms with Crippen molar-refractivity contribution in [3.05, 3.63) is 64.2 Å². The Morgan fingerprint density at radius 3 is 2.36 bits per heavy atom. The zero-order valence-electron chi connectivity index (χ0n) is 17.9. The molecule has 2 aromatic rings. The number of aliphatic hydroxyl groups is 4. The smallest absolute Gasteiger partial charge is 0.119 e. The van der Waals surface area contributed by atoms with Gasteiger partial charge in [0.25, 0.3) is 0 Å². The maximum absolute atomic E-state index is 13.2. The first-order chi connectivity index (χ1) is 15.9. The van der Waals surface area contributed by atoms with Crippen LogP contribution < -0.4 is 4.74 Å². The summed E-state index contributed by atoms with van der Waals surface area (Å²) in [4.78, 5) is 0. The van der Waals surface area contributed by atoms with Gasteiger partial charge in [-0.15, -0.1) is 0 Å². The second kappa shape index (κ2) is 10.2. The number of hydrogen-bond donors (Lipinski definition) is 4. The van der Waals surface area contributed by atoms with Crippen molar-refractivity contribution in [1.82, 2.24) is 0 Å². The van der Waals surface area contributed by atoms with E-state index in [0.717, 1.165) is 11.1 Å². The van der Waals surface area contributed by atoms with Crippen molar-refractivity contribution in [2.75, 3.05) is 33.1 Å². The van der Waals surface area contributed by atoms with Gasteiger partial charge in [-0.05, 0) is 41.3 Å². The van der Waals surface area contributed by atoms with Crippen molar-refractivity contribution in [2.45, 2.75) is 36.9 Å². The van der Waals surface area contributed by atoms with Gasteiger partial charge < -0.3 is 34.6 Å². The van der Waals surface area contributed by atoms with Gasteiger partial charge in [-0.3, -0.25) is 4.39 Å². The Hall–Kier alpha value is -1.78. The average molecular weight is 483 g/mol. The third kappa shape index (κ3) is 5.17. The molecule has 7 nitrogen and oxygen atoms in total. The molecule has 0 aliphatic carbocycles. The third-order valence-electron chi connectivity index (χ3n) is 6.25. The van der Waals surface area contributed by atoms with E-state index >= 15 is 0 Å². The summed E-state index contributed by atoms with van der Waals surface area (Å²) in [5.74, 6) is 0.639.